The molecule has 6 nitrogen and oxygen atoms in total. The van der Waals surface area contributed by atoms with Gasteiger partial charge in [-0.3, -0.25) is 9.59 Å². The van der Waals surface area contributed by atoms with Crippen molar-refractivity contribution < 1.29 is 23.5 Å². The molecule has 1 heterocycles. The molecule has 28 heavy (non-hydrogen) atoms. The number of nitrogens with zero attached hydrogens (tertiary/aromatic N) is 1. The first-order valence-electron chi connectivity index (χ1n) is 8.11. The molecule has 0 bridgehead atoms. The lowest BCUT2D eigenvalue weighted by molar-refractivity contribution is -0.120. The van der Waals surface area contributed by atoms with Gasteiger partial charge in [-0.25, -0.2) is 14.1 Å². The molecule has 3 rings (SSSR count). The van der Waals surface area contributed by atoms with Gasteiger partial charge in [0.2, 0.25) is 0 Å². The lowest BCUT2D eigenvalue weighted by Gasteiger charge is -2.15. The van der Waals surface area contributed by atoms with E-state index in [-0.39, 0.29) is 33.6 Å². The Bertz CT molecular complexity index is 1010. The Morgan fingerprint density at radius 2 is 1.79 bits per heavy atom. The molecule has 0 atom stereocenters. The van der Waals surface area contributed by atoms with Crippen LogP contribution in [0.25, 0.3) is 0 Å². The van der Waals surface area contributed by atoms with Crippen LogP contribution in [0.3, 0.4) is 0 Å². The van der Waals surface area contributed by atoms with Crippen molar-refractivity contribution >= 4 is 52.4 Å². The molecule has 1 aliphatic rings. The van der Waals surface area contributed by atoms with E-state index in [0.717, 1.165) is 11.0 Å². The third-order valence-electron chi connectivity index (χ3n) is 3.85. The van der Waals surface area contributed by atoms with Crippen molar-refractivity contribution in [1.82, 2.24) is 0 Å². The van der Waals surface area contributed by atoms with Gasteiger partial charge in [-0.15, -0.1) is 0 Å². The summed E-state index contributed by atoms with van der Waals surface area (Å²) in [4.78, 5) is 37.7. The molecule has 0 saturated carbocycles. The summed E-state index contributed by atoms with van der Waals surface area (Å²) < 4.78 is 18.2. The quantitative estimate of drug-likeness (QED) is 0.579. The van der Waals surface area contributed by atoms with Gasteiger partial charge in [-0.2, -0.15) is 0 Å². The molecule has 0 unspecified atom stereocenters. The Labute approximate surface area is 169 Å². The summed E-state index contributed by atoms with van der Waals surface area (Å²) in [6.07, 6.45) is 0. The molecule has 1 N–H and O–H groups in total. The van der Waals surface area contributed by atoms with Crippen LogP contribution in [-0.4, -0.2) is 24.4 Å². The first-order chi connectivity index (χ1) is 13.3. The molecular formula is C19H13Cl2FN2O4. The fourth-order valence-corrected chi connectivity index (χ4v) is 2.92. The smallest absolute Gasteiger partial charge is 0.338 e. The largest absolute Gasteiger partial charge is 0.462 e. The van der Waals surface area contributed by atoms with Crippen molar-refractivity contribution in [2.75, 3.05) is 16.8 Å². The summed E-state index contributed by atoms with van der Waals surface area (Å²) in [6.45, 7) is 1.91. The number of nitrogens with one attached hydrogen (secondary N) is 1. The molecule has 1 aliphatic heterocycles. The number of ether oxygens (including phenoxy) is 1. The summed E-state index contributed by atoms with van der Waals surface area (Å²) in [7, 11) is 0. The Morgan fingerprint density at radius 1 is 1.11 bits per heavy atom. The number of halogens is 3. The van der Waals surface area contributed by atoms with Crippen LogP contribution in [0.2, 0.25) is 5.02 Å². The zero-order valence-corrected chi connectivity index (χ0v) is 16.0. The number of rotatable bonds is 5. The molecule has 2 aromatic rings. The first-order valence-corrected chi connectivity index (χ1v) is 8.87. The van der Waals surface area contributed by atoms with Gasteiger partial charge in [0.15, 0.2) is 0 Å². The number of esters is 1. The predicted molar refractivity (Wildman–Crippen MR) is 103 cm³/mol. The molecule has 2 amide bonds. The zero-order chi connectivity index (χ0) is 20.4. The second-order valence-electron chi connectivity index (χ2n) is 5.66. The Balaban J connectivity index is 1.84. The second-order valence-corrected chi connectivity index (χ2v) is 6.44. The maximum Gasteiger partial charge on any atom is 0.338 e. The number of benzene rings is 2. The average Bonchev–Trinajstić information content (AvgIpc) is 2.88. The highest BCUT2D eigenvalue weighted by Crippen LogP contribution is 2.31. The summed E-state index contributed by atoms with van der Waals surface area (Å²) >= 11 is 11.8. The van der Waals surface area contributed by atoms with E-state index < -0.39 is 23.6 Å². The minimum Gasteiger partial charge on any atom is -0.462 e. The van der Waals surface area contributed by atoms with Crippen LogP contribution in [0.5, 0.6) is 0 Å². The number of amides is 2. The van der Waals surface area contributed by atoms with Crippen LogP contribution >= 0.6 is 23.2 Å². The highest BCUT2D eigenvalue weighted by atomic mass is 35.5. The van der Waals surface area contributed by atoms with E-state index in [0.29, 0.717) is 5.69 Å². The van der Waals surface area contributed by atoms with Crippen LogP contribution in [0.1, 0.15) is 17.3 Å². The fourth-order valence-electron chi connectivity index (χ4n) is 2.53. The maximum absolute atomic E-state index is 13.3. The molecule has 144 valence electrons. The number of imide groups is 1. The van der Waals surface area contributed by atoms with E-state index in [9.17, 15) is 18.8 Å². The Kier molecular flexibility index (Phi) is 5.67. The summed E-state index contributed by atoms with van der Waals surface area (Å²) in [5, 5.41) is 2.23. The van der Waals surface area contributed by atoms with E-state index in [1.165, 1.54) is 36.4 Å². The van der Waals surface area contributed by atoms with Crippen LogP contribution in [0.4, 0.5) is 15.8 Å². The van der Waals surface area contributed by atoms with Gasteiger partial charge in [0, 0.05) is 5.69 Å². The van der Waals surface area contributed by atoms with E-state index in [1.54, 1.807) is 6.92 Å². The number of hydrogen-bond acceptors (Lipinski definition) is 5. The van der Waals surface area contributed by atoms with Crippen molar-refractivity contribution in [2.24, 2.45) is 0 Å². The predicted octanol–water partition coefficient (Wildman–Crippen LogP) is 4.09. The average molecular weight is 423 g/mol. The Hall–Kier alpha value is -2.90. The molecule has 9 heteroatoms. The lowest BCUT2D eigenvalue weighted by Crippen LogP contribution is -2.32. The zero-order valence-electron chi connectivity index (χ0n) is 14.5. The second kappa shape index (κ2) is 8.00. The number of carbonyl (C=O) groups excluding carboxylic acids is 3. The van der Waals surface area contributed by atoms with Crippen molar-refractivity contribution in [3.05, 3.63) is 69.6 Å². The molecule has 0 fully saturated rings. The monoisotopic (exact) mass is 422 g/mol. The summed E-state index contributed by atoms with van der Waals surface area (Å²) in [5.41, 5.74) is 0.641. The van der Waals surface area contributed by atoms with Gasteiger partial charge in [0.25, 0.3) is 11.8 Å². The Morgan fingerprint density at radius 3 is 2.39 bits per heavy atom. The molecule has 0 aromatic heterocycles. The minimum atomic E-state index is -0.730. The van der Waals surface area contributed by atoms with E-state index >= 15 is 0 Å². The third kappa shape index (κ3) is 3.72. The number of hydrogen-bond donors (Lipinski definition) is 1. The van der Waals surface area contributed by atoms with Crippen LogP contribution in [-0.2, 0) is 14.3 Å². The molecule has 0 radical (unpaired) electrons. The van der Waals surface area contributed by atoms with Gasteiger partial charge in [-0.05, 0) is 49.4 Å². The fraction of sp³-hybridized carbons (Fsp3) is 0.105. The molecule has 2 aromatic carbocycles. The van der Waals surface area contributed by atoms with Gasteiger partial charge in [0.1, 0.15) is 16.5 Å². The third-order valence-corrected chi connectivity index (χ3v) is 4.49. The molecule has 0 aliphatic carbocycles. The van der Waals surface area contributed by atoms with Crippen molar-refractivity contribution in [1.29, 1.82) is 0 Å². The van der Waals surface area contributed by atoms with Crippen LogP contribution in [0.15, 0.2) is 53.2 Å². The summed E-state index contributed by atoms with van der Waals surface area (Å²) in [6, 6.07) is 9.48. The lowest BCUT2D eigenvalue weighted by atomic mass is 10.2. The normalized spacial score (nSPS) is 13.9. The van der Waals surface area contributed by atoms with E-state index in [1.807, 2.05) is 0 Å². The molecular weight excluding hydrogens is 410 g/mol. The molecule has 0 spiro atoms. The topological polar surface area (TPSA) is 75.7 Å². The van der Waals surface area contributed by atoms with E-state index in [4.69, 9.17) is 27.9 Å². The van der Waals surface area contributed by atoms with Crippen molar-refractivity contribution in [3.8, 4) is 0 Å². The van der Waals surface area contributed by atoms with Gasteiger partial charge in [-0.1, -0.05) is 23.2 Å². The van der Waals surface area contributed by atoms with Gasteiger partial charge < -0.3 is 10.1 Å². The summed E-state index contributed by atoms with van der Waals surface area (Å²) in [5.74, 6) is -2.56. The highest BCUT2D eigenvalue weighted by Gasteiger charge is 2.39. The van der Waals surface area contributed by atoms with Crippen molar-refractivity contribution in [2.45, 2.75) is 6.92 Å². The van der Waals surface area contributed by atoms with Crippen molar-refractivity contribution in [3.63, 3.8) is 0 Å². The number of carbonyl (C=O) groups is 3. The number of anilines is 2. The highest BCUT2D eigenvalue weighted by molar-refractivity contribution is 6.53. The van der Waals surface area contributed by atoms with Crippen LogP contribution in [0, 0.1) is 5.82 Å². The minimum absolute atomic E-state index is 0.148. The first kappa shape index (κ1) is 19.9. The van der Waals surface area contributed by atoms with Crippen LogP contribution < -0.4 is 10.2 Å². The standard InChI is InChI=1S/C19H13Cl2FN2O4/c1-2-28-19(27)10-3-6-12(7-4-10)24-17(25)15(21)16(18(24)26)23-11-5-8-14(22)13(20)9-11/h3-9,23H,2H2,1H3. The van der Waals surface area contributed by atoms with Gasteiger partial charge in [0.05, 0.1) is 22.9 Å². The van der Waals surface area contributed by atoms with E-state index in [2.05, 4.69) is 5.32 Å². The molecule has 0 saturated heterocycles. The SMILES string of the molecule is CCOC(=O)c1ccc(N2C(=O)C(Cl)=C(Nc3ccc(F)c(Cl)c3)C2=O)cc1. The van der Waals surface area contributed by atoms with Gasteiger partial charge >= 0.3 is 5.97 Å². The maximum atomic E-state index is 13.3.